The number of nitrogens with one attached hydrogen (secondary N) is 1. The maximum Gasteiger partial charge on any atom is 0.243 e. The van der Waals surface area contributed by atoms with Crippen LogP contribution in [0.5, 0.6) is 5.75 Å². The number of ether oxygens (including phenoxy) is 1. The lowest BCUT2D eigenvalue weighted by molar-refractivity contribution is -0.121. The van der Waals surface area contributed by atoms with Gasteiger partial charge in [0, 0.05) is 0 Å². The predicted octanol–water partition coefficient (Wildman–Crippen LogP) is 3.27. The fraction of sp³-hybridized carbons (Fsp3) is 0.409. The minimum Gasteiger partial charge on any atom is -0.492 e. The number of hydrogen-bond acceptors (Lipinski definition) is 4. The van der Waals surface area contributed by atoms with Gasteiger partial charge in [0.15, 0.2) is 0 Å². The van der Waals surface area contributed by atoms with Crippen LogP contribution in [-0.2, 0) is 14.8 Å². The first kappa shape index (κ1) is 22.7. The number of aryl methyl sites for hydroxylation is 4. The van der Waals surface area contributed by atoms with Crippen LogP contribution in [0.2, 0.25) is 0 Å². The molecular weight excluding hydrogens is 388 g/mol. The number of anilines is 1. The molecule has 1 unspecified atom stereocenters. The van der Waals surface area contributed by atoms with Gasteiger partial charge in [0.25, 0.3) is 0 Å². The van der Waals surface area contributed by atoms with Crippen molar-refractivity contribution >= 4 is 21.6 Å². The van der Waals surface area contributed by atoms with E-state index in [0.29, 0.717) is 12.3 Å². The van der Waals surface area contributed by atoms with Crippen LogP contribution in [0.1, 0.15) is 29.2 Å². The van der Waals surface area contributed by atoms with Gasteiger partial charge in [-0.3, -0.25) is 9.10 Å². The monoisotopic (exact) mass is 418 g/mol. The molecule has 0 fully saturated rings. The molecule has 2 rings (SSSR count). The summed E-state index contributed by atoms with van der Waals surface area (Å²) in [5.74, 6) is 0.364. The molecule has 1 N–H and O–H groups in total. The van der Waals surface area contributed by atoms with E-state index in [0.717, 1.165) is 28.7 Å². The molecule has 2 aromatic rings. The van der Waals surface area contributed by atoms with E-state index < -0.39 is 16.1 Å². The highest BCUT2D eigenvalue weighted by molar-refractivity contribution is 7.92. The van der Waals surface area contributed by atoms with Gasteiger partial charge in [-0.05, 0) is 75.1 Å². The Kier molecular flexibility index (Phi) is 7.30. The van der Waals surface area contributed by atoms with Crippen LogP contribution >= 0.6 is 0 Å². The Morgan fingerprint density at radius 3 is 2.31 bits per heavy atom. The fourth-order valence-corrected chi connectivity index (χ4v) is 4.26. The van der Waals surface area contributed by atoms with Crippen molar-refractivity contribution in [2.45, 2.75) is 40.7 Å². The molecule has 2 aromatic carbocycles. The highest BCUT2D eigenvalue weighted by Gasteiger charge is 2.30. The molecule has 6 nitrogen and oxygen atoms in total. The van der Waals surface area contributed by atoms with E-state index in [9.17, 15) is 13.2 Å². The molecule has 158 valence electrons. The Bertz CT molecular complexity index is 986. The molecule has 0 aliphatic rings. The van der Waals surface area contributed by atoms with E-state index in [2.05, 4.69) is 5.32 Å². The van der Waals surface area contributed by atoms with E-state index in [1.807, 2.05) is 58.0 Å². The van der Waals surface area contributed by atoms with Crippen molar-refractivity contribution in [3.05, 3.63) is 58.7 Å². The Morgan fingerprint density at radius 2 is 1.69 bits per heavy atom. The second-order valence-corrected chi connectivity index (χ2v) is 9.27. The summed E-state index contributed by atoms with van der Waals surface area (Å²) < 4.78 is 31.7. The number of sulfonamides is 1. The van der Waals surface area contributed by atoms with Crippen molar-refractivity contribution < 1.29 is 17.9 Å². The third-order valence-corrected chi connectivity index (χ3v) is 6.07. The SMILES string of the molecule is Cc1ccc(C)c(N(C(C)C(=O)NCCOc2ccc(C)c(C)c2)S(C)(=O)=O)c1. The highest BCUT2D eigenvalue weighted by Crippen LogP contribution is 2.26. The molecule has 1 atom stereocenters. The molecule has 0 bridgehead atoms. The van der Waals surface area contributed by atoms with Crippen LogP contribution < -0.4 is 14.4 Å². The van der Waals surface area contributed by atoms with Crippen molar-refractivity contribution in [1.82, 2.24) is 5.32 Å². The summed E-state index contributed by atoms with van der Waals surface area (Å²) in [5, 5.41) is 2.77. The zero-order valence-corrected chi connectivity index (χ0v) is 18.8. The minimum atomic E-state index is -3.64. The Morgan fingerprint density at radius 1 is 1.03 bits per heavy atom. The van der Waals surface area contributed by atoms with E-state index in [1.165, 1.54) is 9.87 Å². The van der Waals surface area contributed by atoms with E-state index in [4.69, 9.17) is 4.74 Å². The second-order valence-electron chi connectivity index (χ2n) is 7.41. The first-order chi connectivity index (χ1) is 13.5. The van der Waals surface area contributed by atoms with Crippen LogP contribution in [0.4, 0.5) is 5.69 Å². The quantitative estimate of drug-likeness (QED) is 0.668. The first-order valence-electron chi connectivity index (χ1n) is 9.55. The van der Waals surface area contributed by atoms with Crippen LogP contribution in [-0.4, -0.2) is 39.8 Å². The largest absolute Gasteiger partial charge is 0.492 e. The molecule has 0 saturated carbocycles. The molecule has 1 amide bonds. The van der Waals surface area contributed by atoms with Crippen LogP contribution in [0.3, 0.4) is 0 Å². The minimum absolute atomic E-state index is 0.278. The van der Waals surface area contributed by atoms with Crippen LogP contribution in [0.25, 0.3) is 0 Å². The van der Waals surface area contributed by atoms with Crippen molar-refractivity contribution in [2.24, 2.45) is 0 Å². The van der Waals surface area contributed by atoms with Gasteiger partial charge in [-0.25, -0.2) is 8.42 Å². The maximum absolute atomic E-state index is 12.6. The lowest BCUT2D eigenvalue weighted by Crippen LogP contribution is -2.48. The molecule has 0 radical (unpaired) electrons. The molecule has 0 heterocycles. The number of rotatable bonds is 8. The zero-order valence-electron chi connectivity index (χ0n) is 17.9. The predicted molar refractivity (Wildman–Crippen MR) is 117 cm³/mol. The van der Waals surface area contributed by atoms with E-state index >= 15 is 0 Å². The number of carbonyl (C=O) groups excluding carboxylic acids is 1. The second kappa shape index (κ2) is 9.31. The van der Waals surface area contributed by atoms with Gasteiger partial charge in [0.1, 0.15) is 18.4 Å². The lowest BCUT2D eigenvalue weighted by Gasteiger charge is -2.29. The van der Waals surface area contributed by atoms with Crippen LogP contribution in [0.15, 0.2) is 36.4 Å². The summed E-state index contributed by atoms with van der Waals surface area (Å²) in [5.41, 5.74) is 4.55. The third-order valence-electron chi connectivity index (χ3n) is 4.84. The van der Waals surface area contributed by atoms with Gasteiger partial charge in [-0.2, -0.15) is 0 Å². The van der Waals surface area contributed by atoms with Gasteiger partial charge in [-0.1, -0.05) is 18.2 Å². The molecule has 0 aromatic heterocycles. The number of nitrogens with zero attached hydrogens (tertiary/aromatic N) is 1. The van der Waals surface area contributed by atoms with Crippen molar-refractivity contribution in [2.75, 3.05) is 23.7 Å². The summed E-state index contributed by atoms with van der Waals surface area (Å²) in [6.07, 6.45) is 1.11. The first-order valence-corrected chi connectivity index (χ1v) is 11.4. The summed E-state index contributed by atoms with van der Waals surface area (Å²) in [6, 6.07) is 10.5. The Hall–Kier alpha value is -2.54. The molecular formula is C22H30N2O4S. The highest BCUT2D eigenvalue weighted by atomic mass is 32.2. The zero-order chi connectivity index (χ0) is 21.8. The molecule has 0 saturated heterocycles. The molecule has 0 aliphatic carbocycles. The standard InChI is InChI=1S/C22H30N2O4S/c1-15-7-8-17(3)21(13-15)24(29(6,26)27)19(5)22(25)23-11-12-28-20-10-9-16(2)18(4)14-20/h7-10,13-14,19H,11-12H2,1-6H3,(H,23,25). The summed E-state index contributed by atoms with van der Waals surface area (Å²) in [6.45, 7) is 9.92. The van der Waals surface area contributed by atoms with Gasteiger partial charge in [-0.15, -0.1) is 0 Å². The van der Waals surface area contributed by atoms with E-state index in [-0.39, 0.29) is 12.5 Å². The maximum atomic E-state index is 12.6. The van der Waals surface area contributed by atoms with Gasteiger partial charge in [0.2, 0.25) is 15.9 Å². The number of benzene rings is 2. The summed E-state index contributed by atoms with van der Waals surface area (Å²) in [7, 11) is -3.64. The summed E-state index contributed by atoms with van der Waals surface area (Å²) >= 11 is 0. The van der Waals surface area contributed by atoms with Crippen molar-refractivity contribution in [3.63, 3.8) is 0 Å². The molecule has 7 heteroatoms. The molecule has 0 spiro atoms. The Balaban J connectivity index is 2.04. The third kappa shape index (κ3) is 5.97. The number of carbonyl (C=O) groups is 1. The van der Waals surface area contributed by atoms with Gasteiger partial charge >= 0.3 is 0 Å². The van der Waals surface area contributed by atoms with Crippen LogP contribution in [0, 0.1) is 27.7 Å². The smallest absolute Gasteiger partial charge is 0.243 e. The topological polar surface area (TPSA) is 75.7 Å². The molecule has 29 heavy (non-hydrogen) atoms. The Labute approximate surface area is 173 Å². The lowest BCUT2D eigenvalue weighted by atomic mass is 10.1. The number of amides is 1. The van der Waals surface area contributed by atoms with Crippen molar-refractivity contribution in [1.29, 1.82) is 0 Å². The van der Waals surface area contributed by atoms with E-state index in [1.54, 1.807) is 13.0 Å². The average Bonchev–Trinajstić information content (AvgIpc) is 2.63. The van der Waals surface area contributed by atoms with Gasteiger partial charge in [0.05, 0.1) is 18.5 Å². The fourth-order valence-electron chi connectivity index (χ4n) is 3.03. The van der Waals surface area contributed by atoms with Crippen molar-refractivity contribution in [3.8, 4) is 5.75 Å². The summed E-state index contributed by atoms with van der Waals surface area (Å²) in [4.78, 5) is 12.6. The molecule has 0 aliphatic heterocycles. The normalized spacial score (nSPS) is 12.3. The number of hydrogen-bond donors (Lipinski definition) is 1. The average molecular weight is 419 g/mol. The van der Waals surface area contributed by atoms with Gasteiger partial charge < -0.3 is 10.1 Å².